The lowest BCUT2D eigenvalue weighted by molar-refractivity contribution is 0.125. The molecule has 1 aliphatic rings. The first-order valence-corrected chi connectivity index (χ1v) is 5.82. The molecular formula is C13H20N2O. The van der Waals surface area contributed by atoms with Gasteiger partial charge in [0.15, 0.2) is 0 Å². The van der Waals surface area contributed by atoms with Gasteiger partial charge in [-0.05, 0) is 32.4 Å². The van der Waals surface area contributed by atoms with E-state index >= 15 is 0 Å². The Labute approximate surface area is 97.1 Å². The average Bonchev–Trinajstić information content (AvgIpc) is 2.58. The van der Waals surface area contributed by atoms with Gasteiger partial charge in [-0.25, -0.2) is 5.90 Å². The Morgan fingerprint density at radius 2 is 2.25 bits per heavy atom. The highest BCUT2D eigenvalue weighted by Crippen LogP contribution is 2.37. The van der Waals surface area contributed by atoms with Crippen molar-refractivity contribution in [1.29, 1.82) is 0 Å². The van der Waals surface area contributed by atoms with E-state index in [1.165, 1.54) is 16.8 Å². The van der Waals surface area contributed by atoms with E-state index in [0.29, 0.717) is 18.6 Å². The molecule has 1 unspecified atom stereocenters. The van der Waals surface area contributed by atoms with Crippen molar-refractivity contribution in [3.8, 4) is 0 Å². The molecule has 2 rings (SSSR count). The minimum Gasteiger partial charge on any atom is -0.368 e. The molecule has 2 N–H and O–H groups in total. The fraction of sp³-hybridized carbons (Fsp3) is 0.538. The fourth-order valence-corrected chi connectivity index (χ4v) is 2.44. The van der Waals surface area contributed by atoms with Crippen LogP contribution in [0.4, 0.5) is 5.69 Å². The number of benzene rings is 1. The number of anilines is 1. The van der Waals surface area contributed by atoms with Crippen molar-refractivity contribution in [2.75, 3.05) is 18.1 Å². The van der Waals surface area contributed by atoms with E-state index in [4.69, 9.17) is 10.7 Å². The van der Waals surface area contributed by atoms with Crippen molar-refractivity contribution >= 4 is 5.69 Å². The van der Waals surface area contributed by atoms with Crippen LogP contribution in [0.5, 0.6) is 0 Å². The van der Waals surface area contributed by atoms with Crippen LogP contribution in [0.15, 0.2) is 18.2 Å². The Balaban J connectivity index is 2.36. The molecule has 0 saturated heterocycles. The minimum atomic E-state index is 0.405. The van der Waals surface area contributed by atoms with E-state index in [-0.39, 0.29) is 0 Å². The molecule has 0 fully saturated rings. The summed E-state index contributed by atoms with van der Waals surface area (Å²) in [6, 6.07) is 7.15. The zero-order valence-corrected chi connectivity index (χ0v) is 10.2. The highest BCUT2D eigenvalue weighted by molar-refractivity contribution is 5.61. The molecule has 0 aromatic heterocycles. The number of hydrogen-bond acceptors (Lipinski definition) is 3. The molecule has 16 heavy (non-hydrogen) atoms. The van der Waals surface area contributed by atoms with Crippen LogP contribution >= 0.6 is 0 Å². The van der Waals surface area contributed by atoms with Gasteiger partial charge >= 0.3 is 0 Å². The summed E-state index contributed by atoms with van der Waals surface area (Å²) in [7, 11) is 0. The second kappa shape index (κ2) is 4.44. The third-order valence-corrected chi connectivity index (χ3v) is 3.27. The molecule has 0 aliphatic carbocycles. The summed E-state index contributed by atoms with van der Waals surface area (Å²) in [5.74, 6) is 5.61. The standard InChI is InChI=1S/C13H20N2O/c1-9(2)15-7-11(8-16-14)12-6-10(3)4-5-13(12)15/h4-6,9,11H,7-8,14H2,1-3H3. The zero-order chi connectivity index (χ0) is 11.7. The highest BCUT2D eigenvalue weighted by Gasteiger charge is 2.29. The molecule has 1 aromatic carbocycles. The fourth-order valence-electron chi connectivity index (χ4n) is 2.44. The van der Waals surface area contributed by atoms with Crippen LogP contribution in [0.2, 0.25) is 0 Å². The molecule has 3 heteroatoms. The van der Waals surface area contributed by atoms with E-state index in [9.17, 15) is 0 Å². The molecule has 0 amide bonds. The van der Waals surface area contributed by atoms with Gasteiger partial charge in [-0.3, -0.25) is 0 Å². The van der Waals surface area contributed by atoms with Crippen molar-refractivity contribution in [2.24, 2.45) is 5.90 Å². The third-order valence-electron chi connectivity index (χ3n) is 3.27. The van der Waals surface area contributed by atoms with Crippen molar-refractivity contribution in [1.82, 2.24) is 0 Å². The van der Waals surface area contributed by atoms with Gasteiger partial charge < -0.3 is 9.74 Å². The summed E-state index contributed by atoms with van der Waals surface area (Å²) in [4.78, 5) is 7.24. The van der Waals surface area contributed by atoms with E-state index in [1.54, 1.807) is 0 Å². The maximum atomic E-state index is 5.21. The van der Waals surface area contributed by atoms with Crippen LogP contribution in [0.1, 0.15) is 30.9 Å². The monoisotopic (exact) mass is 220 g/mol. The summed E-state index contributed by atoms with van der Waals surface area (Å²) in [6.07, 6.45) is 0. The Morgan fingerprint density at radius 3 is 2.88 bits per heavy atom. The largest absolute Gasteiger partial charge is 0.368 e. The van der Waals surface area contributed by atoms with Gasteiger partial charge in [0.05, 0.1) is 6.61 Å². The molecule has 0 bridgehead atoms. The van der Waals surface area contributed by atoms with Gasteiger partial charge in [-0.1, -0.05) is 17.7 Å². The van der Waals surface area contributed by atoms with Crippen LogP contribution < -0.4 is 10.8 Å². The lowest BCUT2D eigenvalue weighted by Gasteiger charge is -2.24. The number of fused-ring (bicyclic) bond motifs is 1. The lowest BCUT2D eigenvalue weighted by Crippen LogP contribution is -2.30. The Bertz CT molecular complexity index is 376. The van der Waals surface area contributed by atoms with Crippen LogP contribution in [-0.2, 0) is 4.84 Å². The number of nitrogens with two attached hydrogens (primary N) is 1. The van der Waals surface area contributed by atoms with E-state index < -0.39 is 0 Å². The molecule has 0 saturated carbocycles. The normalized spacial score (nSPS) is 19.3. The molecule has 0 spiro atoms. The first-order valence-electron chi connectivity index (χ1n) is 5.82. The number of aryl methyl sites for hydroxylation is 1. The van der Waals surface area contributed by atoms with Crippen LogP contribution in [0.3, 0.4) is 0 Å². The quantitative estimate of drug-likeness (QED) is 0.794. The zero-order valence-electron chi connectivity index (χ0n) is 10.2. The van der Waals surface area contributed by atoms with Crippen molar-refractivity contribution < 1.29 is 4.84 Å². The average molecular weight is 220 g/mol. The molecular weight excluding hydrogens is 200 g/mol. The Kier molecular flexibility index (Phi) is 3.17. The third kappa shape index (κ3) is 1.93. The predicted octanol–water partition coefficient (Wildman–Crippen LogP) is 2.20. The van der Waals surface area contributed by atoms with Gasteiger partial charge in [0.1, 0.15) is 0 Å². The number of rotatable bonds is 3. The molecule has 0 radical (unpaired) electrons. The molecule has 88 valence electrons. The summed E-state index contributed by atoms with van der Waals surface area (Å²) in [6.45, 7) is 8.16. The first-order chi connectivity index (χ1) is 7.63. The number of hydrogen-bond donors (Lipinski definition) is 1. The van der Waals surface area contributed by atoms with E-state index in [0.717, 1.165) is 6.54 Å². The van der Waals surface area contributed by atoms with Gasteiger partial charge in [-0.15, -0.1) is 0 Å². The maximum Gasteiger partial charge on any atom is 0.0765 e. The van der Waals surface area contributed by atoms with Gasteiger partial charge in [-0.2, -0.15) is 0 Å². The Hall–Kier alpha value is -1.06. The number of nitrogens with zero attached hydrogens (tertiary/aromatic N) is 1. The summed E-state index contributed by atoms with van der Waals surface area (Å²) >= 11 is 0. The van der Waals surface area contributed by atoms with E-state index in [2.05, 4.69) is 43.9 Å². The highest BCUT2D eigenvalue weighted by atomic mass is 16.6. The molecule has 3 nitrogen and oxygen atoms in total. The summed E-state index contributed by atoms with van der Waals surface area (Å²) in [5.41, 5.74) is 4.01. The Morgan fingerprint density at radius 1 is 1.50 bits per heavy atom. The van der Waals surface area contributed by atoms with Gasteiger partial charge in [0.2, 0.25) is 0 Å². The SMILES string of the molecule is Cc1ccc2c(c1)C(CON)CN2C(C)C. The van der Waals surface area contributed by atoms with Crippen molar-refractivity contribution in [3.05, 3.63) is 29.3 Å². The van der Waals surface area contributed by atoms with Crippen LogP contribution in [0.25, 0.3) is 0 Å². The summed E-state index contributed by atoms with van der Waals surface area (Å²) in [5, 5.41) is 0. The molecule has 1 aromatic rings. The summed E-state index contributed by atoms with van der Waals surface area (Å²) < 4.78 is 0. The van der Waals surface area contributed by atoms with Gasteiger partial charge in [0.25, 0.3) is 0 Å². The van der Waals surface area contributed by atoms with E-state index in [1.807, 2.05) is 0 Å². The second-order valence-corrected chi connectivity index (χ2v) is 4.84. The molecule has 1 atom stereocenters. The first kappa shape index (κ1) is 11.4. The minimum absolute atomic E-state index is 0.405. The van der Waals surface area contributed by atoms with Crippen molar-refractivity contribution in [2.45, 2.75) is 32.7 Å². The van der Waals surface area contributed by atoms with Crippen molar-refractivity contribution in [3.63, 3.8) is 0 Å². The predicted molar refractivity (Wildman–Crippen MR) is 66.5 cm³/mol. The smallest absolute Gasteiger partial charge is 0.0765 e. The van der Waals surface area contributed by atoms with Crippen LogP contribution in [0, 0.1) is 6.92 Å². The lowest BCUT2D eigenvalue weighted by atomic mass is 10.0. The van der Waals surface area contributed by atoms with Gasteiger partial charge in [0, 0.05) is 24.2 Å². The molecule has 1 heterocycles. The second-order valence-electron chi connectivity index (χ2n) is 4.84. The van der Waals surface area contributed by atoms with Crippen LogP contribution in [-0.4, -0.2) is 19.2 Å². The topological polar surface area (TPSA) is 38.5 Å². The maximum absolute atomic E-state index is 5.21. The molecule has 1 aliphatic heterocycles.